The molecule has 0 aliphatic heterocycles. The summed E-state index contributed by atoms with van der Waals surface area (Å²) in [7, 11) is 1.86. The van der Waals surface area contributed by atoms with Gasteiger partial charge in [-0.3, -0.25) is 4.68 Å². The van der Waals surface area contributed by atoms with Crippen LogP contribution in [-0.4, -0.2) is 28.6 Å². The van der Waals surface area contributed by atoms with Crippen molar-refractivity contribution in [2.75, 3.05) is 12.8 Å². The lowest BCUT2D eigenvalue weighted by Gasteiger charge is -2.13. The van der Waals surface area contributed by atoms with E-state index < -0.39 is 0 Å². The van der Waals surface area contributed by atoms with Crippen LogP contribution in [0.5, 0.6) is 0 Å². The number of nitrogens with one attached hydrogen (secondary N) is 2. The van der Waals surface area contributed by atoms with E-state index in [2.05, 4.69) is 46.3 Å². The summed E-state index contributed by atoms with van der Waals surface area (Å²) in [5.41, 5.74) is 2.21. The second-order valence-corrected chi connectivity index (χ2v) is 6.05. The van der Waals surface area contributed by atoms with Crippen LogP contribution in [0.1, 0.15) is 24.1 Å². The molecule has 0 radical (unpaired) electrons. The number of thioether (sulfide) groups is 1. The molecule has 1 heterocycles. The maximum Gasteiger partial charge on any atom is 0.315 e. The van der Waals surface area contributed by atoms with E-state index in [1.807, 2.05) is 20.2 Å². The molecule has 1 aromatic carbocycles. The van der Waals surface area contributed by atoms with Crippen LogP contribution in [0.3, 0.4) is 0 Å². The van der Waals surface area contributed by atoms with Crippen LogP contribution in [-0.2, 0) is 13.5 Å². The normalized spacial score (nSPS) is 12.0. The molecule has 22 heavy (non-hydrogen) atoms. The Bertz CT molecular complexity index is 609. The zero-order valence-electron chi connectivity index (χ0n) is 13.2. The van der Waals surface area contributed by atoms with Gasteiger partial charge in [-0.05, 0) is 37.3 Å². The van der Waals surface area contributed by atoms with E-state index in [9.17, 15) is 4.79 Å². The van der Waals surface area contributed by atoms with Crippen LogP contribution < -0.4 is 10.6 Å². The molecule has 0 aliphatic rings. The Hall–Kier alpha value is -1.95. The first-order valence-corrected chi connectivity index (χ1v) is 8.47. The van der Waals surface area contributed by atoms with Crippen molar-refractivity contribution in [1.29, 1.82) is 0 Å². The third-order valence-corrected chi connectivity index (χ3v) is 4.17. The first-order valence-electron chi connectivity index (χ1n) is 7.24. The smallest absolute Gasteiger partial charge is 0.315 e. The Labute approximate surface area is 135 Å². The molecule has 0 bridgehead atoms. The van der Waals surface area contributed by atoms with Gasteiger partial charge in [0.15, 0.2) is 0 Å². The van der Waals surface area contributed by atoms with Crippen molar-refractivity contribution in [3.63, 3.8) is 0 Å². The zero-order valence-corrected chi connectivity index (χ0v) is 14.0. The van der Waals surface area contributed by atoms with Crippen LogP contribution in [0.2, 0.25) is 0 Å². The topological polar surface area (TPSA) is 59.0 Å². The van der Waals surface area contributed by atoms with E-state index in [1.165, 1.54) is 10.5 Å². The van der Waals surface area contributed by atoms with Crippen LogP contribution in [0.4, 0.5) is 4.79 Å². The van der Waals surface area contributed by atoms with E-state index in [4.69, 9.17) is 0 Å². The largest absolute Gasteiger partial charge is 0.338 e. The van der Waals surface area contributed by atoms with Gasteiger partial charge in [0.05, 0.1) is 12.2 Å². The minimum absolute atomic E-state index is 0.0606. The number of benzene rings is 1. The molecular weight excluding hydrogens is 296 g/mol. The van der Waals surface area contributed by atoms with Crippen LogP contribution in [0, 0.1) is 0 Å². The Morgan fingerprint density at radius 3 is 2.68 bits per heavy atom. The van der Waals surface area contributed by atoms with Crippen LogP contribution >= 0.6 is 11.8 Å². The van der Waals surface area contributed by atoms with Gasteiger partial charge in [0.2, 0.25) is 0 Å². The molecule has 0 saturated carbocycles. The Morgan fingerprint density at radius 1 is 1.36 bits per heavy atom. The summed E-state index contributed by atoms with van der Waals surface area (Å²) in [5.74, 6) is 0. The Morgan fingerprint density at radius 2 is 2.09 bits per heavy atom. The molecular formula is C16H22N4OS. The number of rotatable bonds is 6. The van der Waals surface area contributed by atoms with Crippen molar-refractivity contribution in [1.82, 2.24) is 20.4 Å². The monoisotopic (exact) mass is 318 g/mol. The van der Waals surface area contributed by atoms with Gasteiger partial charge < -0.3 is 10.6 Å². The second-order valence-electron chi connectivity index (χ2n) is 5.17. The predicted octanol–water partition coefficient (Wildman–Crippen LogP) is 2.74. The van der Waals surface area contributed by atoms with Crippen LogP contribution in [0.25, 0.3) is 0 Å². The Kier molecular flexibility index (Phi) is 5.89. The molecule has 0 spiro atoms. The van der Waals surface area contributed by atoms with Gasteiger partial charge >= 0.3 is 6.03 Å². The summed E-state index contributed by atoms with van der Waals surface area (Å²) >= 11 is 1.73. The maximum absolute atomic E-state index is 11.9. The van der Waals surface area contributed by atoms with Crippen molar-refractivity contribution in [2.45, 2.75) is 24.3 Å². The summed E-state index contributed by atoms with van der Waals surface area (Å²) in [6.45, 7) is 2.56. The highest BCUT2D eigenvalue weighted by Gasteiger charge is 2.10. The van der Waals surface area contributed by atoms with Crippen molar-refractivity contribution < 1.29 is 4.79 Å². The number of aromatic nitrogens is 2. The minimum atomic E-state index is -0.155. The molecule has 2 aromatic rings. The van der Waals surface area contributed by atoms with Gasteiger partial charge in [0.1, 0.15) is 0 Å². The van der Waals surface area contributed by atoms with Gasteiger partial charge in [0.25, 0.3) is 0 Å². The fraction of sp³-hybridized carbons (Fsp3) is 0.375. The first-order chi connectivity index (χ1) is 10.6. The molecule has 118 valence electrons. The summed E-state index contributed by atoms with van der Waals surface area (Å²) in [5, 5.41) is 9.90. The average molecular weight is 318 g/mol. The van der Waals surface area contributed by atoms with Gasteiger partial charge in [-0.25, -0.2) is 4.79 Å². The lowest BCUT2D eigenvalue weighted by Crippen LogP contribution is -2.37. The van der Waals surface area contributed by atoms with E-state index in [-0.39, 0.29) is 12.1 Å². The molecule has 0 fully saturated rings. The fourth-order valence-corrected chi connectivity index (χ4v) is 2.52. The van der Waals surface area contributed by atoms with Gasteiger partial charge in [-0.1, -0.05) is 12.1 Å². The quantitative estimate of drug-likeness (QED) is 0.805. The highest BCUT2D eigenvalue weighted by atomic mass is 32.2. The summed E-state index contributed by atoms with van der Waals surface area (Å²) < 4.78 is 1.73. The number of urea groups is 1. The third kappa shape index (κ3) is 4.80. The van der Waals surface area contributed by atoms with E-state index in [0.29, 0.717) is 6.54 Å². The van der Waals surface area contributed by atoms with Crippen LogP contribution in [0.15, 0.2) is 41.6 Å². The molecule has 6 heteroatoms. The van der Waals surface area contributed by atoms with Gasteiger partial charge in [-0.2, -0.15) is 5.10 Å². The van der Waals surface area contributed by atoms with Gasteiger partial charge in [-0.15, -0.1) is 11.8 Å². The van der Waals surface area contributed by atoms with Crippen molar-refractivity contribution in [2.24, 2.45) is 7.05 Å². The maximum atomic E-state index is 11.9. The average Bonchev–Trinajstić information content (AvgIpc) is 2.94. The van der Waals surface area contributed by atoms with Crippen molar-refractivity contribution in [3.8, 4) is 0 Å². The fourth-order valence-electron chi connectivity index (χ4n) is 2.11. The zero-order chi connectivity index (χ0) is 15.9. The lowest BCUT2D eigenvalue weighted by molar-refractivity contribution is 0.238. The molecule has 0 unspecified atom stereocenters. The number of carbonyl (C=O) groups is 1. The standard InChI is InChI=1S/C16H22N4OS/c1-12(14-10-18-20(2)11-14)19-16(21)17-9-8-13-4-6-15(22-3)7-5-13/h4-7,10-12H,8-9H2,1-3H3,(H2,17,19,21)/t12-/m0/s1. The molecule has 2 N–H and O–H groups in total. The molecule has 5 nitrogen and oxygen atoms in total. The number of nitrogens with zero attached hydrogens (tertiary/aromatic N) is 2. The number of hydrogen-bond acceptors (Lipinski definition) is 3. The van der Waals surface area contributed by atoms with E-state index in [0.717, 1.165) is 12.0 Å². The molecule has 0 saturated heterocycles. The van der Waals surface area contributed by atoms with E-state index in [1.54, 1.807) is 22.6 Å². The molecule has 1 atom stereocenters. The minimum Gasteiger partial charge on any atom is -0.338 e. The predicted molar refractivity (Wildman–Crippen MR) is 90.1 cm³/mol. The highest BCUT2D eigenvalue weighted by molar-refractivity contribution is 7.98. The SMILES string of the molecule is CSc1ccc(CCNC(=O)N[C@@H](C)c2cnn(C)c2)cc1. The molecule has 2 amide bonds. The summed E-state index contributed by atoms with van der Waals surface area (Å²) in [6, 6.07) is 8.19. The highest BCUT2D eigenvalue weighted by Crippen LogP contribution is 2.15. The van der Waals surface area contributed by atoms with Crippen molar-refractivity contribution in [3.05, 3.63) is 47.8 Å². The molecule has 1 aromatic heterocycles. The third-order valence-electron chi connectivity index (χ3n) is 3.43. The number of hydrogen-bond donors (Lipinski definition) is 2. The number of carbonyl (C=O) groups excluding carboxylic acids is 1. The lowest BCUT2D eigenvalue weighted by atomic mass is 10.1. The second kappa shape index (κ2) is 7.89. The van der Waals surface area contributed by atoms with E-state index >= 15 is 0 Å². The van der Waals surface area contributed by atoms with Gasteiger partial charge in [0, 0.05) is 30.2 Å². The number of amides is 2. The Balaban J connectivity index is 1.73. The number of aryl methyl sites for hydroxylation is 1. The summed E-state index contributed by atoms with van der Waals surface area (Å²) in [6.07, 6.45) is 6.55. The molecule has 0 aliphatic carbocycles. The van der Waals surface area contributed by atoms with Crippen molar-refractivity contribution >= 4 is 17.8 Å². The molecule has 2 rings (SSSR count). The summed E-state index contributed by atoms with van der Waals surface area (Å²) in [4.78, 5) is 13.1. The first kappa shape index (κ1) is 16.4.